The van der Waals surface area contributed by atoms with Crippen molar-refractivity contribution in [1.29, 1.82) is 0 Å². The molecular formula is C15H17N3O4. The van der Waals surface area contributed by atoms with Gasteiger partial charge in [0, 0.05) is 18.7 Å². The van der Waals surface area contributed by atoms with Crippen LogP contribution in [0.3, 0.4) is 0 Å². The Labute approximate surface area is 127 Å². The van der Waals surface area contributed by atoms with E-state index in [1.165, 1.54) is 0 Å². The summed E-state index contributed by atoms with van der Waals surface area (Å²) in [6.45, 7) is 2.47. The predicted octanol–water partition coefficient (Wildman–Crippen LogP) is 0.211. The molecule has 2 aliphatic heterocycles. The van der Waals surface area contributed by atoms with Gasteiger partial charge in [-0.25, -0.2) is 4.79 Å². The van der Waals surface area contributed by atoms with Gasteiger partial charge in [0.05, 0.1) is 26.3 Å². The molecule has 2 aliphatic rings. The van der Waals surface area contributed by atoms with Crippen molar-refractivity contribution in [1.82, 2.24) is 15.1 Å². The first-order valence-corrected chi connectivity index (χ1v) is 7.19. The van der Waals surface area contributed by atoms with Crippen molar-refractivity contribution in [3.63, 3.8) is 0 Å². The molecule has 0 unspecified atom stereocenters. The number of carbonyl (C=O) groups excluding carboxylic acids is 3. The van der Waals surface area contributed by atoms with Gasteiger partial charge >= 0.3 is 6.03 Å². The summed E-state index contributed by atoms with van der Waals surface area (Å²) in [4.78, 5) is 38.5. The fraction of sp³-hybridized carbons (Fsp3) is 0.400. The Balaban J connectivity index is 1.73. The van der Waals surface area contributed by atoms with E-state index in [-0.39, 0.29) is 24.9 Å². The number of urea groups is 1. The summed E-state index contributed by atoms with van der Waals surface area (Å²) in [7, 11) is 0. The minimum Gasteiger partial charge on any atom is -0.378 e. The number of ether oxygens (including phenoxy) is 1. The van der Waals surface area contributed by atoms with E-state index < -0.39 is 6.03 Å². The van der Waals surface area contributed by atoms with Gasteiger partial charge in [0.1, 0.15) is 0 Å². The minimum atomic E-state index is -0.394. The Morgan fingerprint density at radius 2 is 2.00 bits per heavy atom. The van der Waals surface area contributed by atoms with Crippen LogP contribution in [0.5, 0.6) is 0 Å². The van der Waals surface area contributed by atoms with Gasteiger partial charge in [-0.2, -0.15) is 0 Å². The maximum Gasteiger partial charge on any atom is 0.324 e. The normalized spacial score (nSPS) is 18.5. The van der Waals surface area contributed by atoms with Gasteiger partial charge in [-0.1, -0.05) is 12.1 Å². The van der Waals surface area contributed by atoms with Crippen molar-refractivity contribution in [3.8, 4) is 0 Å². The van der Waals surface area contributed by atoms with Crippen molar-refractivity contribution in [2.45, 2.75) is 6.54 Å². The summed E-state index contributed by atoms with van der Waals surface area (Å²) in [5.74, 6) is -0.308. The first-order chi connectivity index (χ1) is 10.6. The number of imide groups is 1. The van der Waals surface area contributed by atoms with Crippen LogP contribution in [0.1, 0.15) is 15.9 Å². The number of carbonyl (C=O) groups is 3. The third-order valence-electron chi connectivity index (χ3n) is 3.75. The molecule has 0 spiro atoms. The summed E-state index contributed by atoms with van der Waals surface area (Å²) in [5, 5.41) is 2.48. The van der Waals surface area contributed by atoms with Crippen molar-refractivity contribution >= 4 is 17.8 Å². The molecule has 1 N–H and O–H groups in total. The van der Waals surface area contributed by atoms with E-state index in [4.69, 9.17) is 4.74 Å². The molecule has 2 heterocycles. The predicted molar refractivity (Wildman–Crippen MR) is 77.1 cm³/mol. The van der Waals surface area contributed by atoms with E-state index in [9.17, 15) is 14.4 Å². The van der Waals surface area contributed by atoms with Crippen LogP contribution < -0.4 is 5.32 Å². The Bertz CT molecular complexity index is 595. The van der Waals surface area contributed by atoms with Crippen LogP contribution >= 0.6 is 0 Å². The largest absolute Gasteiger partial charge is 0.378 e. The van der Waals surface area contributed by atoms with Crippen LogP contribution in [0.2, 0.25) is 0 Å². The van der Waals surface area contributed by atoms with Crippen molar-refractivity contribution in [3.05, 3.63) is 35.4 Å². The molecule has 2 saturated heterocycles. The van der Waals surface area contributed by atoms with Gasteiger partial charge in [-0.05, 0) is 17.7 Å². The van der Waals surface area contributed by atoms with Gasteiger partial charge < -0.3 is 15.0 Å². The van der Waals surface area contributed by atoms with Gasteiger partial charge in [-0.15, -0.1) is 0 Å². The molecule has 116 valence electrons. The first kappa shape index (κ1) is 14.5. The van der Waals surface area contributed by atoms with Crippen LogP contribution in [0.4, 0.5) is 4.79 Å². The lowest BCUT2D eigenvalue weighted by Crippen LogP contribution is -2.40. The molecule has 0 aromatic heterocycles. The maximum atomic E-state index is 12.4. The second-order valence-corrected chi connectivity index (χ2v) is 5.24. The number of morpholine rings is 1. The molecule has 22 heavy (non-hydrogen) atoms. The fourth-order valence-electron chi connectivity index (χ4n) is 2.55. The Morgan fingerprint density at radius 1 is 1.23 bits per heavy atom. The first-order valence-electron chi connectivity index (χ1n) is 7.19. The van der Waals surface area contributed by atoms with Gasteiger partial charge in [-0.3, -0.25) is 14.5 Å². The Hall–Kier alpha value is -2.41. The van der Waals surface area contributed by atoms with E-state index >= 15 is 0 Å². The zero-order valence-electron chi connectivity index (χ0n) is 12.1. The highest BCUT2D eigenvalue weighted by atomic mass is 16.5. The lowest BCUT2D eigenvalue weighted by molar-refractivity contribution is -0.125. The van der Waals surface area contributed by atoms with E-state index in [0.29, 0.717) is 31.9 Å². The van der Waals surface area contributed by atoms with Crippen molar-refractivity contribution in [2.75, 3.05) is 32.8 Å². The zero-order valence-corrected chi connectivity index (χ0v) is 12.1. The molecule has 0 saturated carbocycles. The molecule has 0 aliphatic carbocycles. The Kier molecular flexibility index (Phi) is 4.06. The van der Waals surface area contributed by atoms with E-state index in [2.05, 4.69) is 5.32 Å². The average Bonchev–Trinajstić information content (AvgIpc) is 2.87. The lowest BCUT2D eigenvalue weighted by atomic mass is 10.1. The summed E-state index contributed by atoms with van der Waals surface area (Å²) < 4.78 is 5.24. The molecular weight excluding hydrogens is 286 g/mol. The molecule has 1 aromatic rings. The molecule has 0 radical (unpaired) electrons. The molecule has 3 rings (SSSR count). The highest BCUT2D eigenvalue weighted by molar-refractivity contribution is 6.02. The monoisotopic (exact) mass is 303 g/mol. The van der Waals surface area contributed by atoms with E-state index in [1.807, 2.05) is 0 Å². The van der Waals surface area contributed by atoms with Gasteiger partial charge in [0.25, 0.3) is 5.91 Å². The Morgan fingerprint density at radius 3 is 2.68 bits per heavy atom. The highest BCUT2D eigenvalue weighted by Crippen LogP contribution is 2.13. The molecule has 1 aromatic carbocycles. The molecule has 0 bridgehead atoms. The number of rotatable bonds is 3. The lowest BCUT2D eigenvalue weighted by Gasteiger charge is -2.27. The topological polar surface area (TPSA) is 79.0 Å². The number of benzene rings is 1. The van der Waals surface area contributed by atoms with E-state index in [0.717, 1.165) is 10.5 Å². The summed E-state index contributed by atoms with van der Waals surface area (Å²) in [6, 6.07) is 6.65. The van der Waals surface area contributed by atoms with Gasteiger partial charge in [0.15, 0.2) is 0 Å². The summed E-state index contributed by atoms with van der Waals surface area (Å²) in [6.07, 6.45) is 0. The summed E-state index contributed by atoms with van der Waals surface area (Å²) in [5.41, 5.74) is 1.32. The second kappa shape index (κ2) is 6.15. The van der Waals surface area contributed by atoms with Crippen LogP contribution in [0.25, 0.3) is 0 Å². The molecule has 2 fully saturated rings. The number of amides is 4. The molecule has 0 atom stereocenters. The SMILES string of the molecule is O=C(c1cccc(CN2C(=O)CNC2=O)c1)N1CCOCC1. The van der Waals surface area contributed by atoms with Crippen molar-refractivity contribution in [2.24, 2.45) is 0 Å². The maximum absolute atomic E-state index is 12.4. The van der Waals surface area contributed by atoms with Gasteiger partial charge in [0.2, 0.25) is 5.91 Å². The van der Waals surface area contributed by atoms with Crippen LogP contribution in [-0.2, 0) is 16.1 Å². The molecule has 4 amide bonds. The highest BCUT2D eigenvalue weighted by Gasteiger charge is 2.28. The average molecular weight is 303 g/mol. The van der Waals surface area contributed by atoms with E-state index in [1.54, 1.807) is 29.2 Å². The quantitative estimate of drug-likeness (QED) is 0.810. The van der Waals surface area contributed by atoms with Crippen molar-refractivity contribution < 1.29 is 19.1 Å². The summed E-state index contributed by atoms with van der Waals surface area (Å²) >= 11 is 0. The third kappa shape index (κ3) is 2.94. The fourth-order valence-corrected chi connectivity index (χ4v) is 2.55. The van der Waals surface area contributed by atoms with Crippen LogP contribution in [-0.4, -0.2) is 60.5 Å². The smallest absolute Gasteiger partial charge is 0.324 e. The number of nitrogens with one attached hydrogen (secondary N) is 1. The minimum absolute atomic E-state index is 0.0330. The second-order valence-electron chi connectivity index (χ2n) is 5.24. The molecule has 7 heteroatoms. The number of nitrogens with zero attached hydrogens (tertiary/aromatic N) is 2. The standard InChI is InChI=1S/C15H17N3O4/c19-13-9-16-15(21)18(13)10-11-2-1-3-12(8-11)14(20)17-4-6-22-7-5-17/h1-3,8H,4-7,9-10H2,(H,16,21). The zero-order chi connectivity index (χ0) is 15.5. The number of hydrogen-bond donors (Lipinski definition) is 1. The van der Waals surface area contributed by atoms with Crippen LogP contribution in [0, 0.1) is 0 Å². The molecule has 7 nitrogen and oxygen atoms in total. The van der Waals surface area contributed by atoms with Crippen LogP contribution in [0.15, 0.2) is 24.3 Å². The third-order valence-corrected chi connectivity index (χ3v) is 3.75. The number of hydrogen-bond acceptors (Lipinski definition) is 4.